The SMILES string of the molecule is C[C@H](CO)NC(=O)C[C@H]1CC=CCCCC(=O)OC[C@@H]2CCCN2C1=O. The smallest absolute Gasteiger partial charge is 0.305 e. The fourth-order valence-electron chi connectivity index (χ4n) is 3.41. The topological polar surface area (TPSA) is 95.9 Å². The Morgan fingerprint density at radius 3 is 2.96 bits per heavy atom. The van der Waals surface area contributed by atoms with Crippen LogP contribution >= 0.6 is 0 Å². The van der Waals surface area contributed by atoms with Crippen LogP contribution in [0.5, 0.6) is 0 Å². The lowest BCUT2D eigenvalue weighted by Crippen LogP contribution is -2.44. The number of cyclic esters (lactones) is 1. The zero-order valence-electron chi connectivity index (χ0n) is 15.5. The van der Waals surface area contributed by atoms with Crippen molar-refractivity contribution in [2.24, 2.45) is 5.92 Å². The van der Waals surface area contributed by atoms with E-state index >= 15 is 0 Å². The predicted octanol–water partition coefficient (Wildman–Crippen LogP) is 1.15. The fraction of sp³-hybridized carbons (Fsp3) is 0.737. The number of nitrogens with zero attached hydrogens (tertiary/aromatic N) is 1. The third kappa shape index (κ3) is 6.12. The van der Waals surface area contributed by atoms with Crippen LogP contribution in [0.25, 0.3) is 0 Å². The molecule has 3 atom stereocenters. The van der Waals surface area contributed by atoms with Crippen molar-refractivity contribution in [2.75, 3.05) is 19.8 Å². The van der Waals surface area contributed by atoms with Gasteiger partial charge in [0, 0.05) is 25.4 Å². The molecule has 2 amide bonds. The Morgan fingerprint density at radius 1 is 1.38 bits per heavy atom. The van der Waals surface area contributed by atoms with E-state index in [0.29, 0.717) is 19.4 Å². The largest absolute Gasteiger partial charge is 0.463 e. The number of hydrogen-bond acceptors (Lipinski definition) is 5. The molecule has 0 saturated carbocycles. The molecule has 0 spiro atoms. The molecule has 1 saturated heterocycles. The van der Waals surface area contributed by atoms with Gasteiger partial charge in [0.2, 0.25) is 11.8 Å². The molecule has 7 nitrogen and oxygen atoms in total. The molecule has 2 aliphatic heterocycles. The summed E-state index contributed by atoms with van der Waals surface area (Å²) in [4.78, 5) is 38.8. The number of allylic oxidation sites excluding steroid dienone is 2. The van der Waals surface area contributed by atoms with Crippen LogP contribution in [-0.2, 0) is 19.1 Å². The van der Waals surface area contributed by atoms with E-state index in [4.69, 9.17) is 9.84 Å². The minimum absolute atomic E-state index is 0.0563. The highest BCUT2D eigenvalue weighted by atomic mass is 16.5. The first-order valence-corrected chi connectivity index (χ1v) is 9.52. The van der Waals surface area contributed by atoms with Gasteiger partial charge in [-0.3, -0.25) is 14.4 Å². The molecule has 2 heterocycles. The molecule has 0 bridgehead atoms. The Labute approximate surface area is 154 Å². The monoisotopic (exact) mass is 366 g/mol. The van der Waals surface area contributed by atoms with Gasteiger partial charge >= 0.3 is 5.97 Å². The first-order chi connectivity index (χ1) is 12.5. The van der Waals surface area contributed by atoms with Crippen LogP contribution in [0, 0.1) is 5.92 Å². The Bertz CT molecular complexity index is 534. The number of rotatable bonds is 4. The lowest BCUT2D eigenvalue weighted by Gasteiger charge is -2.28. The van der Waals surface area contributed by atoms with Gasteiger partial charge in [-0.25, -0.2) is 0 Å². The molecule has 2 N–H and O–H groups in total. The summed E-state index contributed by atoms with van der Waals surface area (Å²) in [5.74, 6) is -0.941. The van der Waals surface area contributed by atoms with E-state index < -0.39 is 5.92 Å². The van der Waals surface area contributed by atoms with Crippen molar-refractivity contribution in [1.82, 2.24) is 10.2 Å². The van der Waals surface area contributed by atoms with Crippen molar-refractivity contribution >= 4 is 17.8 Å². The number of nitrogens with one attached hydrogen (secondary N) is 1. The number of carbonyl (C=O) groups is 3. The second kappa shape index (κ2) is 10.3. The van der Waals surface area contributed by atoms with Gasteiger partial charge in [-0.05, 0) is 39.0 Å². The first kappa shape index (κ1) is 20.4. The molecule has 2 aliphatic rings. The normalized spacial score (nSPS) is 26.2. The lowest BCUT2D eigenvalue weighted by atomic mass is 9.97. The summed E-state index contributed by atoms with van der Waals surface area (Å²) in [6.07, 6.45) is 8.03. The summed E-state index contributed by atoms with van der Waals surface area (Å²) in [6, 6.07) is -0.431. The molecule has 146 valence electrons. The number of aliphatic hydroxyl groups excluding tert-OH is 1. The van der Waals surface area contributed by atoms with E-state index in [1.54, 1.807) is 11.8 Å². The molecule has 0 unspecified atom stereocenters. The van der Waals surface area contributed by atoms with Gasteiger partial charge in [0.1, 0.15) is 6.61 Å². The molecule has 0 aromatic heterocycles. The van der Waals surface area contributed by atoms with E-state index in [-0.39, 0.29) is 49.5 Å². The number of hydrogen-bond donors (Lipinski definition) is 2. The van der Waals surface area contributed by atoms with Crippen molar-refractivity contribution in [3.05, 3.63) is 12.2 Å². The molecule has 0 aliphatic carbocycles. The number of esters is 1. The van der Waals surface area contributed by atoms with Crippen molar-refractivity contribution in [3.63, 3.8) is 0 Å². The highest BCUT2D eigenvalue weighted by molar-refractivity contribution is 5.86. The van der Waals surface area contributed by atoms with Crippen LogP contribution in [0.4, 0.5) is 0 Å². The molecule has 0 radical (unpaired) electrons. The second-order valence-corrected chi connectivity index (χ2v) is 7.16. The lowest BCUT2D eigenvalue weighted by molar-refractivity contribution is -0.148. The van der Waals surface area contributed by atoms with Gasteiger partial charge in [0.25, 0.3) is 0 Å². The third-order valence-electron chi connectivity index (χ3n) is 4.90. The third-order valence-corrected chi connectivity index (χ3v) is 4.90. The molecule has 26 heavy (non-hydrogen) atoms. The van der Waals surface area contributed by atoms with Crippen LogP contribution in [0.1, 0.15) is 51.9 Å². The van der Waals surface area contributed by atoms with Gasteiger partial charge in [0.15, 0.2) is 0 Å². The second-order valence-electron chi connectivity index (χ2n) is 7.16. The summed E-state index contributed by atoms with van der Waals surface area (Å²) < 4.78 is 5.34. The van der Waals surface area contributed by atoms with E-state index in [1.807, 2.05) is 12.2 Å². The summed E-state index contributed by atoms with van der Waals surface area (Å²) in [5, 5.41) is 11.8. The highest BCUT2D eigenvalue weighted by Gasteiger charge is 2.34. The maximum atomic E-state index is 13.0. The van der Waals surface area contributed by atoms with E-state index in [0.717, 1.165) is 25.7 Å². The van der Waals surface area contributed by atoms with Crippen LogP contribution < -0.4 is 5.32 Å². The quantitative estimate of drug-likeness (QED) is 0.575. The Hall–Kier alpha value is -1.89. The zero-order chi connectivity index (χ0) is 18.9. The van der Waals surface area contributed by atoms with Crippen LogP contribution in [-0.4, -0.2) is 59.6 Å². The number of aliphatic hydroxyl groups is 1. The number of carbonyl (C=O) groups excluding carboxylic acids is 3. The van der Waals surface area contributed by atoms with E-state index in [2.05, 4.69) is 5.32 Å². The summed E-state index contributed by atoms with van der Waals surface area (Å²) in [5.41, 5.74) is 0. The van der Waals surface area contributed by atoms with Gasteiger partial charge in [-0.15, -0.1) is 0 Å². The average molecular weight is 366 g/mol. The van der Waals surface area contributed by atoms with E-state index in [9.17, 15) is 14.4 Å². The van der Waals surface area contributed by atoms with E-state index in [1.165, 1.54) is 0 Å². The predicted molar refractivity (Wildman–Crippen MR) is 96.1 cm³/mol. The van der Waals surface area contributed by atoms with Crippen molar-refractivity contribution in [3.8, 4) is 0 Å². The maximum absolute atomic E-state index is 13.0. The summed E-state index contributed by atoms with van der Waals surface area (Å²) >= 11 is 0. The number of fused-ring (bicyclic) bond motifs is 1. The molecular formula is C19H30N2O5. The average Bonchev–Trinajstić information content (AvgIpc) is 3.08. The molecule has 0 aromatic rings. The van der Waals surface area contributed by atoms with Gasteiger partial charge in [0.05, 0.1) is 18.6 Å². The van der Waals surface area contributed by atoms with Crippen LogP contribution in [0.15, 0.2) is 12.2 Å². The van der Waals surface area contributed by atoms with Crippen molar-refractivity contribution < 1.29 is 24.2 Å². The van der Waals surface area contributed by atoms with Crippen molar-refractivity contribution in [2.45, 2.75) is 64.0 Å². The van der Waals surface area contributed by atoms with Crippen LogP contribution in [0.3, 0.4) is 0 Å². The van der Waals surface area contributed by atoms with Gasteiger partial charge in [-0.1, -0.05) is 12.2 Å². The Morgan fingerprint density at radius 2 is 2.19 bits per heavy atom. The van der Waals surface area contributed by atoms with Gasteiger partial charge in [-0.2, -0.15) is 0 Å². The highest BCUT2D eigenvalue weighted by Crippen LogP contribution is 2.24. The summed E-state index contributed by atoms with van der Waals surface area (Å²) in [7, 11) is 0. The minimum Gasteiger partial charge on any atom is -0.463 e. The standard InChI is InChI=1S/C19H30N2O5/c1-14(12-22)20-17(23)11-15-7-4-2-3-5-9-18(24)26-13-16-8-6-10-21(16)19(15)25/h2,4,14-16,22H,3,5-13H2,1H3,(H,20,23)/t14-,15-,16+/m1/s1. The number of amides is 2. The molecular weight excluding hydrogens is 336 g/mol. The van der Waals surface area contributed by atoms with Crippen molar-refractivity contribution in [1.29, 1.82) is 0 Å². The first-order valence-electron chi connectivity index (χ1n) is 9.52. The molecule has 2 rings (SSSR count). The number of ether oxygens (including phenoxy) is 1. The fourth-order valence-corrected chi connectivity index (χ4v) is 3.41. The molecule has 0 aromatic carbocycles. The molecule has 7 heteroatoms. The zero-order valence-corrected chi connectivity index (χ0v) is 15.5. The molecule has 1 fully saturated rings. The Balaban J connectivity index is 2.08. The summed E-state index contributed by atoms with van der Waals surface area (Å²) in [6.45, 7) is 2.45. The maximum Gasteiger partial charge on any atom is 0.305 e. The van der Waals surface area contributed by atoms with Gasteiger partial charge < -0.3 is 20.1 Å². The van der Waals surface area contributed by atoms with Crippen LogP contribution in [0.2, 0.25) is 0 Å². The Kier molecular flexibility index (Phi) is 8.09. The minimum atomic E-state index is -0.436.